The van der Waals surface area contributed by atoms with Crippen LogP contribution in [0, 0.1) is 0 Å². The van der Waals surface area contributed by atoms with Crippen LogP contribution in [0.5, 0.6) is 0 Å². The molecule has 13 aromatic rings. The first-order valence-electron chi connectivity index (χ1n) is 22.0. The van der Waals surface area contributed by atoms with E-state index in [0.29, 0.717) is 0 Å². The molecule has 0 aliphatic carbocycles. The summed E-state index contributed by atoms with van der Waals surface area (Å²) in [5.74, 6) is 0. The van der Waals surface area contributed by atoms with Crippen LogP contribution in [0.15, 0.2) is 243 Å². The monoisotopic (exact) mass is 832 g/mol. The van der Waals surface area contributed by atoms with Gasteiger partial charge in [-0.2, -0.15) is 0 Å². The molecule has 0 aliphatic heterocycles. The van der Waals surface area contributed by atoms with Gasteiger partial charge in [0.2, 0.25) is 0 Å². The predicted molar refractivity (Wildman–Crippen MR) is 271 cm³/mol. The Hall–Kier alpha value is -8.25. The minimum atomic E-state index is -2.66. The third-order valence-corrected chi connectivity index (χ3v) is 18.3. The standard InChI is InChI=1S/C59H40N4Si/c1-4-16-44(17-5-1)64(45-18-6-2-7-19-45,46-20-8-3-9-21-46)47-32-28-41(29-33-47)61-55-26-14-11-23-49(55)52-38-42(30-34-57(52)61)62-56-27-15-12-24-50(56)53-39-43(31-35-58(53)62)63-54-25-13-10-22-48(54)51-36-37-60-40-59(51)63/h1-40H. The largest absolute Gasteiger partial charge is 0.309 e. The average molecular weight is 833 g/mol. The number of aromatic nitrogens is 4. The molecule has 0 bridgehead atoms. The third kappa shape index (κ3) is 5.31. The Morgan fingerprint density at radius 1 is 0.266 bits per heavy atom. The summed E-state index contributed by atoms with van der Waals surface area (Å²) >= 11 is 0. The average Bonchev–Trinajstić information content (AvgIpc) is 4.01. The first kappa shape index (κ1) is 36.4. The number of pyridine rings is 1. The zero-order valence-electron chi connectivity index (χ0n) is 34.9. The number of rotatable bonds is 7. The summed E-state index contributed by atoms with van der Waals surface area (Å²) in [6.45, 7) is 0. The van der Waals surface area contributed by atoms with Crippen LogP contribution in [-0.4, -0.2) is 26.8 Å². The van der Waals surface area contributed by atoms with Crippen LogP contribution in [0.25, 0.3) is 82.5 Å². The van der Waals surface area contributed by atoms with E-state index >= 15 is 0 Å². The Balaban J connectivity index is 0.974. The maximum atomic E-state index is 4.54. The molecule has 4 aromatic heterocycles. The summed E-state index contributed by atoms with van der Waals surface area (Å²) in [6, 6.07) is 85.2. The van der Waals surface area contributed by atoms with E-state index in [2.05, 4.69) is 249 Å². The van der Waals surface area contributed by atoms with Crippen LogP contribution < -0.4 is 20.7 Å². The van der Waals surface area contributed by atoms with Crippen molar-refractivity contribution in [3.05, 3.63) is 243 Å². The van der Waals surface area contributed by atoms with E-state index < -0.39 is 8.07 Å². The number of benzene rings is 9. The second-order valence-corrected chi connectivity index (χ2v) is 20.6. The molecule has 0 N–H and O–H groups in total. The topological polar surface area (TPSA) is 27.7 Å². The lowest BCUT2D eigenvalue weighted by atomic mass is 10.1. The van der Waals surface area contributed by atoms with Gasteiger partial charge in [-0.05, 0) is 93.5 Å². The fraction of sp³-hybridized carbons (Fsp3) is 0. The van der Waals surface area contributed by atoms with Gasteiger partial charge < -0.3 is 13.7 Å². The highest BCUT2D eigenvalue weighted by Crippen LogP contribution is 2.39. The van der Waals surface area contributed by atoms with Crippen molar-refractivity contribution in [2.75, 3.05) is 0 Å². The van der Waals surface area contributed by atoms with Crippen molar-refractivity contribution in [3.8, 4) is 17.1 Å². The molecule has 9 aromatic carbocycles. The molecule has 0 atom stereocenters. The quantitative estimate of drug-likeness (QED) is 0.116. The maximum absolute atomic E-state index is 4.54. The van der Waals surface area contributed by atoms with Crippen molar-refractivity contribution in [2.45, 2.75) is 0 Å². The molecular weight excluding hydrogens is 793 g/mol. The van der Waals surface area contributed by atoms with Crippen molar-refractivity contribution in [2.24, 2.45) is 0 Å². The van der Waals surface area contributed by atoms with Crippen LogP contribution in [0.1, 0.15) is 0 Å². The third-order valence-electron chi connectivity index (χ3n) is 13.5. The van der Waals surface area contributed by atoms with Gasteiger partial charge in [-0.15, -0.1) is 0 Å². The summed E-state index contributed by atoms with van der Waals surface area (Å²) in [5, 5.41) is 12.8. The number of hydrogen-bond acceptors (Lipinski definition) is 1. The number of fused-ring (bicyclic) bond motifs is 9. The van der Waals surface area contributed by atoms with E-state index in [4.69, 9.17) is 0 Å². The molecule has 0 amide bonds. The lowest BCUT2D eigenvalue weighted by Gasteiger charge is -2.34. The van der Waals surface area contributed by atoms with Crippen molar-refractivity contribution < 1.29 is 0 Å². The fourth-order valence-corrected chi connectivity index (χ4v) is 15.5. The van der Waals surface area contributed by atoms with Gasteiger partial charge in [-0.1, -0.05) is 158 Å². The highest BCUT2D eigenvalue weighted by molar-refractivity contribution is 7.19. The molecule has 4 heterocycles. The van der Waals surface area contributed by atoms with E-state index in [-0.39, 0.29) is 0 Å². The molecule has 0 fully saturated rings. The summed E-state index contributed by atoms with van der Waals surface area (Å²) < 4.78 is 7.22. The highest BCUT2D eigenvalue weighted by Gasteiger charge is 2.41. The van der Waals surface area contributed by atoms with Crippen LogP contribution >= 0.6 is 0 Å². The van der Waals surface area contributed by atoms with Gasteiger partial charge in [0.25, 0.3) is 0 Å². The van der Waals surface area contributed by atoms with Crippen molar-refractivity contribution in [1.29, 1.82) is 0 Å². The van der Waals surface area contributed by atoms with Gasteiger partial charge in [-0.3, -0.25) is 4.98 Å². The zero-order valence-corrected chi connectivity index (χ0v) is 35.9. The normalized spacial score (nSPS) is 12.1. The first-order chi connectivity index (χ1) is 31.8. The lowest BCUT2D eigenvalue weighted by molar-refractivity contribution is 1.16. The Morgan fingerprint density at radius 3 is 1.09 bits per heavy atom. The lowest BCUT2D eigenvalue weighted by Crippen LogP contribution is -2.74. The van der Waals surface area contributed by atoms with Gasteiger partial charge >= 0.3 is 0 Å². The summed E-state index contributed by atoms with van der Waals surface area (Å²) in [4.78, 5) is 4.54. The molecule has 0 saturated carbocycles. The van der Waals surface area contributed by atoms with Crippen molar-refractivity contribution >= 4 is 94.2 Å². The van der Waals surface area contributed by atoms with Crippen LogP contribution in [-0.2, 0) is 0 Å². The van der Waals surface area contributed by atoms with Crippen LogP contribution in [0.3, 0.4) is 0 Å². The van der Waals surface area contributed by atoms with Gasteiger partial charge in [-0.25, -0.2) is 0 Å². The van der Waals surface area contributed by atoms with Crippen LogP contribution in [0.2, 0.25) is 0 Å². The zero-order chi connectivity index (χ0) is 42.2. The van der Waals surface area contributed by atoms with Gasteiger partial charge in [0.15, 0.2) is 8.07 Å². The van der Waals surface area contributed by atoms with Gasteiger partial charge in [0.1, 0.15) is 0 Å². The number of para-hydroxylation sites is 3. The minimum Gasteiger partial charge on any atom is -0.309 e. The summed E-state index contributed by atoms with van der Waals surface area (Å²) in [7, 11) is -2.66. The molecule has 0 saturated heterocycles. The van der Waals surface area contributed by atoms with E-state index in [1.807, 2.05) is 12.4 Å². The van der Waals surface area contributed by atoms with E-state index in [0.717, 1.165) is 22.6 Å². The summed E-state index contributed by atoms with van der Waals surface area (Å²) in [5.41, 5.74) is 10.4. The highest BCUT2D eigenvalue weighted by atomic mass is 28.3. The van der Waals surface area contributed by atoms with Crippen molar-refractivity contribution in [1.82, 2.24) is 18.7 Å². The smallest absolute Gasteiger partial charge is 0.179 e. The Kier molecular flexibility index (Phi) is 8.20. The molecule has 4 nitrogen and oxygen atoms in total. The fourth-order valence-electron chi connectivity index (χ4n) is 10.8. The number of nitrogens with zero attached hydrogens (tertiary/aromatic N) is 4. The molecule has 0 unspecified atom stereocenters. The second kappa shape index (κ2) is 14.4. The maximum Gasteiger partial charge on any atom is 0.179 e. The summed E-state index contributed by atoms with van der Waals surface area (Å²) in [6.07, 6.45) is 3.87. The molecule has 0 radical (unpaired) electrons. The first-order valence-corrected chi connectivity index (χ1v) is 24.0. The number of hydrogen-bond donors (Lipinski definition) is 0. The minimum absolute atomic E-state index is 1.10. The molecule has 0 aliphatic rings. The Morgan fingerprint density at radius 2 is 0.609 bits per heavy atom. The Bertz CT molecular complexity index is 3730. The predicted octanol–water partition coefficient (Wildman–Crippen LogP) is 11.8. The molecule has 64 heavy (non-hydrogen) atoms. The van der Waals surface area contributed by atoms with E-state index in [9.17, 15) is 0 Å². The second-order valence-electron chi connectivity index (χ2n) is 16.7. The van der Waals surface area contributed by atoms with Crippen LogP contribution in [0.4, 0.5) is 0 Å². The van der Waals surface area contributed by atoms with Gasteiger partial charge in [0, 0.05) is 55.6 Å². The molecule has 0 spiro atoms. The SMILES string of the molecule is c1ccc([Si](c2ccccc2)(c2ccccc2)c2ccc(-n3c4ccccc4c4cc(-n5c6ccccc6c6cc(-n7c8ccccc8c8ccncc87)ccc65)ccc43)cc2)cc1. The van der Waals surface area contributed by atoms with Crippen molar-refractivity contribution in [3.63, 3.8) is 0 Å². The van der Waals surface area contributed by atoms with E-state index in [1.54, 1.807) is 0 Å². The molecule has 5 heteroatoms. The van der Waals surface area contributed by atoms with Gasteiger partial charge in [0.05, 0.1) is 39.3 Å². The molecular formula is C59H40N4Si. The molecule has 300 valence electrons. The molecule has 13 rings (SSSR count). The Labute approximate surface area is 371 Å². The van der Waals surface area contributed by atoms with E-state index in [1.165, 1.54) is 80.6 Å².